The lowest BCUT2D eigenvalue weighted by Crippen LogP contribution is -2.43. The van der Waals surface area contributed by atoms with Gasteiger partial charge in [0.2, 0.25) is 0 Å². The van der Waals surface area contributed by atoms with Crippen molar-refractivity contribution in [2.45, 2.75) is 33.8 Å². The van der Waals surface area contributed by atoms with E-state index in [-0.39, 0.29) is 6.10 Å². The van der Waals surface area contributed by atoms with Gasteiger partial charge in [-0.25, -0.2) is 0 Å². The Morgan fingerprint density at radius 1 is 1.33 bits per heavy atom. The van der Waals surface area contributed by atoms with Crippen molar-refractivity contribution >= 4 is 0 Å². The van der Waals surface area contributed by atoms with Crippen LogP contribution in [0.15, 0.2) is 0 Å². The summed E-state index contributed by atoms with van der Waals surface area (Å²) in [4.78, 5) is 2.45. The van der Waals surface area contributed by atoms with Gasteiger partial charge in [0.15, 0.2) is 0 Å². The zero-order chi connectivity index (χ0) is 11.3. The lowest BCUT2D eigenvalue weighted by molar-refractivity contribution is -0.00245. The fraction of sp³-hybridized carbons (Fsp3) is 0.846. The molecule has 0 radical (unpaired) electrons. The van der Waals surface area contributed by atoms with E-state index in [0.29, 0.717) is 5.92 Å². The third-order valence-corrected chi connectivity index (χ3v) is 2.31. The highest BCUT2D eigenvalue weighted by Crippen LogP contribution is 2.07. The lowest BCUT2D eigenvalue weighted by Gasteiger charge is -2.31. The molecule has 1 rings (SSSR count). The molecular formula is C13H23NO. The van der Waals surface area contributed by atoms with Crippen LogP contribution in [0.3, 0.4) is 0 Å². The van der Waals surface area contributed by atoms with Crippen LogP contribution < -0.4 is 0 Å². The first-order chi connectivity index (χ1) is 7.08. The van der Waals surface area contributed by atoms with E-state index >= 15 is 0 Å². The summed E-state index contributed by atoms with van der Waals surface area (Å²) in [5.41, 5.74) is 0. The molecule has 0 saturated carbocycles. The highest BCUT2D eigenvalue weighted by atomic mass is 16.5. The minimum absolute atomic E-state index is 0.125. The smallest absolute Gasteiger partial charge is 0.130 e. The van der Waals surface area contributed by atoms with Crippen LogP contribution in [-0.4, -0.2) is 37.2 Å². The van der Waals surface area contributed by atoms with Gasteiger partial charge in [0.1, 0.15) is 6.10 Å². The zero-order valence-corrected chi connectivity index (χ0v) is 10.4. The van der Waals surface area contributed by atoms with Crippen LogP contribution in [0.5, 0.6) is 0 Å². The summed E-state index contributed by atoms with van der Waals surface area (Å²) in [5.74, 6) is 7.56. The highest BCUT2D eigenvalue weighted by molar-refractivity contribution is 5.08. The number of ether oxygens (including phenoxy) is 1. The number of hydrogen-bond donors (Lipinski definition) is 0. The molecule has 0 N–H and O–H groups in total. The monoisotopic (exact) mass is 209 g/mol. The maximum absolute atomic E-state index is 5.62. The van der Waals surface area contributed by atoms with Crippen molar-refractivity contribution < 1.29 is 4.74 Å². The molecule has 0 aromatic rings. The Morgan fingerprint density at radius 3 is 2.67 bits per heavy atom. The Balaban J connectivity index is 2.39. The largest absolute Gasteiger partial charge is 0.363 e. The van der Waals surface area contributed by atoms with E-state index in [9.17, 15) is 0 Å². The lowest BCUT2D eigenvalue weighted by atomic mass is 10.1. The van der Waals surface area contributed by atoms with E-state index in [1.54, 1.807) is 0 Å². The summed E-state index contributed by atoms with van der Waals surface area (Å²) in [6, 6.07) is 0. The van der Waals surface area contributed by atoms with E-state index < -0.39 is 0 Å². The second-order valence-electron chi connectivity index (χ2n) is 4.96. The van der Waals surface area contributed by atoms with Gasteiger partial charge in [-0.1, -0.05) is 39.5 Å². The fourth-order valence-electron chi connectivity index (χ4n) is 1.73. The van der Waals surface area contributed by atoms with Crippen LogP contribution in [0.2, 0.25) is 0 Å². The molecule has 1 unspecified atom stereocenters. The van der Waals surface area contributed by atoms with Crippen molar-refractivity contribution in [3.63, 3.8) is 0 Å². The van der Waals surface area contributed by atoms with Gasteiger partial charge in [0.05, 0.1) is 6.61 Å². The molecule has 0 bridgehead atoms. The molecule has 1 aliphatic heterocycles. The summed E-state index contributed by atoms with van der Waals surface area (Å²) < 4.78 is 5.62. The van der Waals surface area contributed by atoms with Gasteiger partial charge in [-0.05, 0) is 5.92 Å². The molecule has 1 atom stereocenters. The van der Waals surface area contributed by atoms with Crippen molar-refractivity contribution in [3.05, 3.63) is 0 Å². The van der Waals surface area contributed by atoms with E-state index in [1.165, 1.54) is 0 Å². The number of morpholine rings is 1. The second kappa shape index (κ2) is 6.15. The van der Waals surface area contributed by atoms with Crippen LogP contribution in [0.4, 0.5) is 0 Å². The summed E-state index contributed by atoms with van der Waals surface area (Å²) in [6.45, 7) is 12.7. The minimum atomic E-state index is 0.125. The molecule has 0 amide bonds. The van der Waals surface area contributed by atoms with Crippen LogP contribution in [0.25, 0.3) is 0 Å². The Hall–Kier alpha value is -0.520. The Bertz CT molecular complexity index is 237. The van der Waals surface area contributed by atoms with Crippen LogP contribution in [-0.2, 0) is 4.74 Å². The van der Waals surface area contributed by atoms with Crippen molar-refractivity contribution in [2.24, 2.45) is 11.8 Å². The summed E-state index contributed by atoms with van der Waals surface area (Å²) in [5, 5.41) is 0. The molecule has 0 spiro atoms. The number of nitrogens with zero attached hydrogens (tertiary/aromatic N) is 1. The van der Waals surface area contributed by atoms with Crippen molar-refractivity contribution in [3.8, 4) is 11.8 Å². The van der Waals surface area contributed by atoms with Gasteiger partial charge in [-0.3, -0.25) is 4.90 Å². The van der Waals surface area contributed by atoms with Crippen LogP contribution in [0.1, 0.15) is 27.7 Å². The van der Waals surface area contributed by atoms with Crippen LogP contribution >= 0.6 is 0 Å². The first-order valence-electron chi connectivity index (χ1n) is 5.93. The maximum atomic E-state index is 5.62. The van der Waals surface area contributed by atoms with Gasteiger partial charge >= 0.3 is 0 Å². The molecule has 1 aliphatic rings. The summed E-state index contributed by atoms with van der Waals surface area (Å²) >= 11 is 0. The third kappa shape index (κ3) is 5.20. The molecule has 0 aromatic heterocycles. The van der Waals surface area contributed by atoms with Crippen molar-refractivity contribution in [2.75, 3.05) is 26.2 Å². The predicted molar refractivity (Wildman–Crippen MR) is 63.6 cm³/mol. The average molecular weight is 209 g/mol. The standard InChI is InChI=1S/C13H23NO/c1-11(2)5-6-13-10-14(7-8-15-13)9-12(3)4/h11-13H,7-10H2,1-4H3. The van der Waals surface area contributed by atoms with E-state index in [1.807, 2.05) is 0 Å². The van der Waals surface area contributed by atoms with Crippen LogP contribution in [0, 0.1) is 23.7 Å². The first kappa shape index (κ1) is 12.5. The van der Waals surface area contributed by atoms with E-state index in [0.717, 1.165) is 32.2 Å². The average Bonchev–Trinajstić information content (AvgIpc) is 2.14. The van der Waals surface area contributed by atoms with Crippen molar-refractivity contribution in [1.82, 2.24) is 4.90 Å². The topological polar surface area (TPSA) is 12.5 Å². The van der Waals surface area contributed by atoms with Gasteiger partial charge in [-0.15, -0.1) is 0 Å². The Labute approximate surface area is 94.0 Å². The van der Waals surface area contributed by atoms with E-state index in [4.69, 9.17) is 4.74 Å². The van der Waals surface area contributed by atoms with Gasteiger partial charge < -0.3 is 4.74 Å². The Morgan fingerprint density at radius 2 is 2.07 bits per heavy atom. The molecular weight excluding hydrogens is 186 g/mol. The van der Waals surface area contributed by atoms with Crippen molar-refractivity contribution in [1.29, 1.82) is 0 Å². The Kier molecular flexibility index (Phi) is 5.14. The van der Waals surface area contributed by atoms with Gasteiger partial charge in [0, 0.05) is 25.6 Å². The molecule has 1 heterocycles. The van der Waals surface area contributed by atoms with Gasteiger partial charge in [0.25, 0.3) is 0 Å². The molecule has 0 aliphatic carbocycles. The quantitative estimate of drug-likeness (QED) is 0.645. The van der Waals surface area contributed by atoms with Gasteiger partial charge in [-0.2, -0.15) is 0 Å². The molecule has 86 valence electrons. The molecule has 1 fully saturated rings. The zero-order valence-electron chi connectivity index (χ0n) is 10.4. The first-order valence-corrected chi connectivity index (χ1v) is 5.93. The fourth-order valence-corrected chi connectivity index (χ4v) is 1.73. The third-order valence-electron chi connectivity index (χ3n) is 2.31. The SMILES string of the molecule is CC(C)C#CC1CN(CC(C)C)CCO1. The second-order valence-corrected chi connectivity index (χ2v) is 4.96. The molecule has 1 saturated heterocycles. The number of hydrogen-bond acceptors (Lipinski definition) is 2. The molecule has 2 heteroatoms. The molecule has 15 heavy (non-hydrogen) atoms. The summed E-state index contributed by atoms with van der Waals surface area (Å²) in [6.07, 6.45) is 0.125. The highest BCUT2D eigenvalue weighted by Gasteiger charge is 2.18. The molecule has 2 nitrogen and oxygen atoms in total. The minimum Gasteiger partial charge on any atom is -0.363 e. The number of rotatable bonds is 2. The summed E-state index contributed by atoms with van der Waals surface area (Å²) in [7, 11) is 0. The predicted octanol–water partition coefficient (Wildman–Crippen LogP) is 2.00. The maximum Gasteiger partial charge on any atom is 0.130 e. The molecule has 0 aromatic carbocycles. The normalized spacial score (nSPS) is 22.9. The van der Waals surface area contributed by atoms with E-state index in [2.05, 4.69) is 44.4 Å².